The zero-order valence-electron chi connectivity index (χ0n) is 9.07. The molecule has 0 aliphatic rings. The average Bonchev–Trinajstić information content (AvgIpc) is 2.23. The van der Waals surface area contributed by atoms with Gasteiger partial charge in [-0.25, -0.2) is 8.42 Å². The molecule has 0 N–H and O–H groups in total. The molecule has 0 aromatic heterocycles. The Hall–Kier alpha value is -0.100. The van der Waals surface area contributed by atoms with Gasteiger partial charge in [0.25, 0.3) is 0 Å². The molecule has 0 unspecified atom stereocenters. The van der Waals surface area contributed by atoms with Crippen molar-refractivity contribution in [1.29, 1.82) is 0 Å². The number of benzene rings is 1. The van der Waals surface area contributed by atoms with Crippen molar-refractivity contribution in [2.45, 2.75) is 18.7 Å². The zero-order valence-corrected chi connectivity index (χ0v) is 12.2. The molecule has 0 heterocycles. The van der Waals surface area contributed by atoms with Gasteiger partial charge in [0.05, 0.1) is 9.92 Å². The number of rotatable bonds is 4. The van der Waals surface area contributed by atoms with Crippen LogP contribution in [0.15, 0.2) is 27.6 Å². The van der Waals surface area contributed by atoms with Crippen LogP contribution in [0.25, 0.3) is 0 Å². The number of halogens is 2. The molecule has 3 nitrogen and oxygen atoms in total. The van der Waals surface area contributed by atoms with Crippen LogP contribution in [-0.4, -0.2) is 25.8 Å². The summed E-state index contributed by atoms with van der Waals surface area (Å²) < 4.78 is 26.2. The molecule has 1 aromatic rings. The Morgan fingerprint density at radius 1 is 1.31 bits per heavy atom. The van der Waals surface area contributed by atoms with Crippen LogP contribution in [0.2, 0.25) is 5.02 Å². The molecule has 0 saturated carbocycles. The minimum absolute atomic E-state index is 0.257. The van der Waals surface area contributed by atoms with Crippen LogP contribution in [0.1, 0.15) is 13.8 Å². The van der Waals surface area contributed by atoms with Gasteiger partial charge in [-0.1, -0.05) is 25.4 Å². The lowest BCUT2D eigenvalue weighted by Gasteiger charge is -2.18. The predicted molar refractivity (Wildman–Crippen MR) is 69.3 cm³/mol. The molecular formula is C10H13BrClNO2S. The quantitative estimate of drug-likeness (QED) is 0.852. The highest BCUT2D eigenvalue weighted by molar-refractivity contribution is 9.10. The molecule has 0 radical (unpaired) electrons. The van der Waals surface area contributed by atoms with Gasteiger partial charge >= 0.3 is 0 Å². The second-order valence-corrected chi connectivity index (χ2v) is 6.36. The SMILES string of the molecule is CCN(CC)S(=O)(=O)c1ccc(Cl)c(Br)c1. The molecule has 0 aliphatic heterocycles. The highest BCUT2D eigenvalue weighted by Gasteiger charge is 2.21. The summed E-state index contributed by atoms with van der Waals surface area (Å²) in [7, 11) is -3.40. The largest absolute Gasteiger partial charge is 0.243 e. The minimum atomic E-state index is -3.40. The van der Waals surface area contributed by atoms with Gasteiger partial charge in [-0.2, -0.15) is 4.31 Å². The Kier molecular flexibility index (Phi) is 4.79. The molecule has 0 fully saturated rings. The Bertz CT molecular complexity index is 472. The van der Waals surface area contributed by atoms with Crippen LogP contribution >= 0.6 is 27.5 Å². The summed E-state index contributed by atoms with van der Waals surface area (Å²) in [6.07, 6.45) is 0. The molecule has 0 atom stereocenters. The normalized spacial score (nSPS) is 12.1. The van der Waals surface area contributed by atoms with E-state index >= 15 is 0 Å². The fourth-order valence-corrected chi connectivity index (χ4v) is 3.48. The van der Waals surface area contributed by atoms with Gasteiger partial charge in [-0.3, -0.25) is 0 Å². The number of hydrogen-bond donors (Lipinski definition) is 0. The fraction of sp³-hybridized carbons (Fsp3) is 0.400. The van der Waals surface area contributed by atoms with Gasteiger partial charge in [0.15, 0.2) is 0 Å². The molecule has 0 amide bonds. The lowest BCUT2D eigenvalue weighted by molar-refractivity contribution is 0.445. The van der Waals surface area contributed by atoms with Crippen LogP contribution in [0.5, 0.6) is 0 Å². The highest BCUT2D eigenvalue weighted by Crippen LogP contribution is 2.26. The van der Waals surface area contributed by atoms with Crippen molar-refractivity contribution in [3.63, 3.8) is 0 Å². The maximum Gasteiger partial charge on any atom is 0.243 e. The van der Waals surface area contributed by atoms with Crippen molar-refractivity contribution in [3.05, 3.63) is 27.7 Å². The van der Waals surface area contributed by atoms with Crippen LogP contribution < -0.4 is 0 Å². The van der Waals surface area contributed by atoms with E-state index < -0.39 is 10.0 Å². The van der Waals surface area contributed by atoms with E-state index in [-0.39, 0.29) is 4.90 Å². The Balaban J connectivity index is 3.22. The summed E-state index contributed by atoms with van der Waals surface area (Å²) >= 11 is 9.04. The third-order valence-corrected chi connectivity index (χ3v) is 5.49. The van der Waals surface area contributed by atoms with Crippen LogP contribution in [0.4, 0.5) is 0 Å². The first kappa shape index (κ1) is 14.0. The van der Waals surface area contributed by atoms with Crippen LogP contribution in [-0.2, 0) is 10.0 Å². The zero-order chi connectivity index (χ0) is 12.3. The smallest absolute Gasteiger partial charge is 0.207 e. The third kappa shape index (κ3) is 2.77. The van der Waals surface area contributed by atoms with Crippen molar-refractivity contribution in [3.8, 4) is 0 Å². The molecule has 1 rings (SSSR count). The van der Waals surface area contributed by atoms with Crippen molar-refractivity contribution in [2.24, 2.45) is 0 Å². The van der Waals surface area contributed by atoms with Crippen molar-refractivity contribution < 1.29 is 8.42 Å². The standard InChI is InChI=1S/C10H13BrClNO2S/c1-3-13(4-2)16(14,15)8-5-6-10(12)9(11)7-8/h5-7H,3-4H2,1-2H3. The van der Waals surface area contributed by atoms with E-state index in [0.29, 0.717) is 22.6 Å². The number of hydrogen-bond acceptors (Lipinski definition) is 2. The highest BCUT2D eigenvalue weighted by atomic mass is 79.9. The molecule has 0 spiro atoms. The summed E-state index contributed by atoms with van der Waals surface area (Å²) in [5.41, 5.74) is 0. The molecule has 1 aromatic carbocycles. The summed E-state index contributed by atoms with van der Waals surface area (Å²) in [4.78, 5) is 0.257. The summed E-state index contributed by atoms with van der Waals surface area (Å²) in [6.45, 7) is 4.54. The van der Waals surface area contributed by atoms with Crippen molar-refractivity contribution in [2.75, 3.05) is 13.1 Å². The third-order valence-electron chi connectivity index (χ3n) is 2.23. The van der Waals surface area contributed by atoms with Gasteiger partial charge in [0.2, 0.25) is 10.0 Å². The molecule has 16 heavy (non-hydrogen) atoms. The van der Waals surface area contributed by atoms with Gasteiger partial charge in [0.1, 0.15) is 0 Å². The molecule has 0 saturated heterocycles. The van der Waals surface area contributed by atoms with E-state index in [9.17, 15) is 8.42 Å². The van der Waals surface area contributed by atoms with E-state index in [4.69, 9.17) is 11.6 Å². The van der Waals surface area contributed by atoms with Gasteiger partial charge in [0, 0.05) is 17.6 Å². The van der Waals surface area contributed by atoms with Crippen molar-refractivity contribution >= 4 is 37.6 Å². The second kappa shape index (κ2) is 5.49. The Morgan fingerprint density at radius 3 is 2.31 bits per heavy atom. The summed E-state index contributed by atoms with van der Waals surface area (Å²) in [5.74, 6) is 0. The van der Waals surface area contributed by atoms with Crippen LogP contribution in [0, 0.1) is 0 Å². The van der Waals surface area contributed by atoms with E-state index in [0.717, 1.165) is 0 Å². The van der Waals surface area contributed by atoms with Gasteiger partial charge in [-0.05, 0) is 34.1 Å². The molecule has 6 heteroatoms. The number of nitrogens with zero attached hydrogens (tertiary/aromatic N) is 1. The lowest BCUT2D eigenvalue weighted by Crippen LogP contribution is -2.30. The number of sulfonamides is 1. The first-order chi connectivity index (χ1) is 7.43. The van der Waals surface area contributed by atoms with E-state index in [1.807, 2.05) is 13.8 Å². The first-order valence-corrected chi connectivity index (χ1v) is 7.49. The molecule has 0 aliphatic carbocycles. The maximum absolute atomic E-state index is 12.1. The lowest BCUT2D eigenvalue weighted by atomic mass is 10.4. The summed E-state index contributed by atoms with van der Waals surface area (Å²) in [6, 6.07) is 4.61. The minimum Gasteiger partial charge on any atom is -0.207 e. The maximum atomic E-state index is 12.1. The van der Waals surface area contributed by atoms with E-state index in [1.54, 1.807) is 6.07 Å². The molecule has 90 valence electrons. The van der Waals surface area contributed by atoms with Gasteiger partial charge < -0.3 is 0 Å². The average molecular weight is 327 g/mol. The van der Waals surface area contributed by atoms with E-state index in [2.05, 4.69) is 15.9 Å². The topological polar surface area (TPSA) is 37.4 Å². The first-order valence-electron chi connectivity index (χ1n) is 4.88. The van der Waals surface area contributed by atoms with Gasteiger partial charge in [-0.15, -0.1) is 0 Å². The molecular weight excluding hydrogens is 314 g/mol. The Labute approximate surface area is 110 Å². The predicted octanol–water partition coefficient (Wildman–Crippen LogP) is 3.13. The summed E-state index contributed by atoms with van der Waals surface area (Å²) in [5, 5.41) is 0.499. The van der Waals surface area contributed by atoms with E-state index in [1.165, 1.54) is 16.4 Å². The van der Waals surface area contributed by atoms with Crippen molar-refractivity contribution in [1.82, 2.24) is 4.31 Å². The monoisotopic (exact) mass is 325 g/mol. The van der Waals surface area contributed by atoms with Crippen LogP contribution in [0.3, 0.4) is 0 Å². The second-order valence-electron chi connectivity index (χ2n) is 3.17. The molecule has 0 bridgehead atoms. The Morgan fingerprint density at radius 2 is 1.88 bits per heavy atom. The fourth-order valence-electron chi connectivity index (χ4n) is 1.35.